The van der Waals surface area contributed by atoms with Crippen molar-refractivity contribution in [2.45, 2.75) is 31.3 Å². The lowest BCUT2D eigenvalue weighted by molar-refractivity contribution is -0.102. The van der Waals surface area contributed by atoms with Gasteiger partial charge in [0.05, 0.1) is 0 Å². The molecule has 4 heteroatoms. The Kier molecular flexibility index (Phi) is 3.91. The predicted molar refractivity (Wildman–Crippen MR) is 43.7 cm³/mol. The van der Waals surface area contributed by atoms with Crippen LogP contribution >= 0.6 is 0 Å². The van der Waals surface area contributed by atoms with Crippen LogP contribution in [0.15, 0.2) is 0 Å². The predicted octanol–water partition coefficient (Wildman–Crippen LogP) is 0.695. The lowest BCUT2D eigenvalue weighted by Crippen LogP contribution is -2.48. The molecule has 1 rings (SSSR count). The van der Waals surface area contributed by atoms with Gasteiger partial charge in [-0.05, 0) is 12.8 Å². The Balaban J connectivity index is 2.07. The summed E-state index contributed by atoms with van der Waals surface area (Å²) in [5, 5.41) is 3.05. The van der Waals surface area contributed by atoms with Gasteiger partial charge in [0.25, 0.3) is 0 Å². The van der Waals surface area contributed by atoms with Gasteiger partial charge in [-0.1, -0.05) is 0 Å². The van der Waals surface area contributed by atoms with E-state index in [4.69, 9.17) is 9.47 Å². The maximum absolute atomic E-state index is 12.7. The zero-order valence-electron chi connectivity index (χ0n) is 7.55. The lowest BCUT2D eigenvalue weighted by Gasteiger charge is -2.32. The van der Waals surface area contributed by atoms with E-state index >= 15 is 0 Å². The Morgan fingerprint density at radius 3 is 2.42 bits per heavy atom. The van der Waals surface area contributed by atoms with E-state index in [0.29, 0.717) is 13.0 Å². The van der Waals surface area contributed by atoms with Crippen LogP contribution in [0.1, 0.15) is 12.8 Å². The molecule has 0 aliphatic heterocycles. The van der Waals surface area contributed by atoms with Crippen molar-refractivity contribution in [3.05, 3.63) is 0 Å². The highest BCUT2D eigenvalue weighted by Gasteiger charge is 2.30. The third-order valence-corrected chi connectivity index (χ3v) is 2.26. The SMILES string of the molecule is COC(CNC1CCC1F)OC. The van der Waals surface area contributed by atoms with Gasteiger partial charge in [0.15, 0.2) is 6.29 Å². The van der Waals surface area contributed by atoms with E-state index in [2.05, 4.69) is 5.32 Å². The fourth-order valence-electron chi connectivity index (χ4n) is 1.20. The first-order valence-electron chi connectivity index (χ1n) is 4.21. The Labute approximate surface area is 72.2 Å². The summed E-state index contributed by atoms with van der Waals surface area (Å²) in [7, 11) is 3.15. The number of rotatable bonds is 5. The number of halogens is 1. The zero-order valence-corrected chi connectivity index (χ0v) is 7.55. The maximum atomic E-state index is 12.7. The average Bonchev–Trinajstić information content (AvgIpc) is 2.10. The van der Waals surface area contributed by atoms with Gasteiger partial charge in [-0.2, -0.15) is 0 Å². The molecule has 1 fully saturated rings. The highest BCUT2D eigenvalue weighted by atomic mass is 19.1. The second-order valence-electron chi connectivity index (χ2n) is 3.01. The Bertz CT molecular complexity index is 125. The topological polar surface area (TPSA) is 30.5 Å². The van der Waals surface area contributed by atoms with Gasteiger partial charge < -0.3 is 14.8 Å². The number of methoxy groups -OCH3 is 2. The van der Waals surface area contributed by atoms with Gasteiger partial charge in [-0.25, -0.2) is 4.39 Å². The van der Waals surface area contributed by atoms with Gasteiger partial charge in [-0.3, -0.25) is 0 Å². The molecule has 0 aromatic rings. The summed E-state index contributed by atoms with van der Waals surface area (Å²) < 4.78 is 22.6. The molecular weight excluding hydrogens is 161 g/mol. The molecule has 3 nitrogen and oxygen atoms in total. The van der Waals surface area contributed by atoms with Crippen LogP contribution in [0.4, 0.5) is 4.39 Å². The molecule has 1 N–H and O–H groups in total. The standard InChI is InChI=1S/C8H16FNO2/c1-11-8(12-2)5-10-7-4-3-6(7)9/h6-8,10H,3-5H2,1-2H3. The zero-order chi connectivity index (χ0) is 8.97. The molecule has 0 heterocycles. The van der Waals surface area contributed by atoms with Crippen LogP contribution in [0.5, 0.6) is 0 Å². The summed E-state index contributed by atoms with van der Waals surface area (Å²) in [6, 6.07) is 0.0119. The Morgan fingerprint density at radius 2 is 2.08 bits per heavy atom. The van der Waals surface area contributed by atoms with Crippen LogP contribution in [0.25, 0.3) is 0 Å². The number of hydrogen-bond acceptors (Lipinski definition) is 3. The van der Waals surface area contributed by atoms with E-state index in [9.17, 15) is 4.39 Å². The van der Waals surface area contributed by atoms with Crippen LogP contribution < -0.4 is 5.32 Å². The lowest BCUT2D eigenvalue weighted by atomic mass is 9.91. The van der Waals surface area contributed by atoms with E-state index in [1.165, 1.54) is 0 Å². The van der Waals surface area contributed by atoms with E-state index in [1.54, 1.807) is 14.2 Å². The molecule has 1 aliphatic carbocycles. The number of alkyl halides is 1. The molecular formula is C8H16FNO2. The van der Waals surface area contributed by atoms with Crippen molar-refractivity contribution >= 4 is 0 Å². The molecule has 0 aromatic heterocycles. The molecule has 0 amide bonds. The van der Waals surface area contributed by atoms with Crippen molar-refractivity contribution in [2.24, 2.45) is 0 Å². The normalized spacial score (nSPS) is 29.0. The van der Waals surface area contributed by atoms with E-state index in [0.717, 1.165) is 6.42 Å². The molecule has 12 heavy (non-hydrogen) atoms. The highest BCUT2D eigenvalue weighted by Crippen LogP contribution is 2.22. The van der Waals surface area contributed by atoms with Gasteiger partial charge in [0, 0.05) is 26.8 Å². The van der Waals surface area contributed by atoms with Crippen molar-refractivity contribution < 1.29 is 13.9 Å². The van der Waals surface area contributed by atoms with Gasteiger partial charge >= 0.3 is 0 Å². The monoisotopic (exact) mass is 177 g/mol. The van der Waals surface area contributed by atoms with Crippen LogP contribution in [0, 0.1) is 0 Å². The van der Waals surface area contributed by atoms with Crippen LogP contribution in [0.2, 0.25) is 0 Å². The van der Waals surface area contributed by atoms with Crippen molar-refractivity contribution in [2.75, 3.05) is 20.8 Å². The molecule has 1 saturated carbocycles. The van der Waals surface area contributed by atoms with E-state index in [1.807, 2.05) is 0 Å². The molecule has 2 atom stereocenters. The van der Waals surface area contributed by atoms with Crippen molar-refractivity contribution in [3.63, 3.8) is 0 Å². The molecule has 2 unspecified atom stereocenters. The Morgan fingerprint density at radius 1 is 1.42 bits per heavy atom. The first kappa shape index (κ1) is 9.89. The quantitative estimate of drug-likeness (QED) is 0.627. The molecule has 0 spiro atoms. The second kappa shape index (κ2) is 4.74. The van der Waals surface area contributed by atoms with Crippen LogP contribution in [0.3, 0.4) is 0 Å². The minimum absolute atomic E-state index is 0.0119. The molecule has 0 bridgehead atoms. The summed E-state index contributed by atoms with van der Waals surface area (Å²) in [6.45, 7) is 0.554. The van der Waals surface area contributed by atoms with Crippen molar-refractivity contribution in [3.8, 4) is 0 Å². The molecule has 0 saturated heterocycles. The fraction of sp³-hybridized carbons (Fsp3) is 1.00. The first-order valence-corrected chi connectivity index (χ1v) is 4.21. The third-order valence-electron chi connectivity index (χ3n) is 2.26. The summed E-state index contributed by atoms with van der Waals surface area (Å²) >= 11 is 0. The van der Waals surface area contributed by atoms with Crippen molar-refractivity contribution in [1.82, 2.24) is 5.32 Å². The summed E-state index contributed by atoms with van der Waals surface area (Å²) in [4.78, 5) is 0. The molecule has 0 radical (unpaired) electrons. The summed E-state index contributed by atoms with van der Waals surface area (Å²) in [6.07, 6.45) is 0.654. The van der Waals surface area contributed by atoms with E-state index in [-0.39, 0.29) is 12.3 Å². The minimum atomic E-state index is -0.681. The van der Waals surface area contributed by atoms with Gasteiger partial charge in [0.1, 0.15) is 6.17 Å². The summed E-state index contributed by atoms with van der Waals surface area (Å²) in [5.74, 6) is 0. The second-order valence-corrected chi connectivity index (χ2v) is 3.01. The number of hydrogen-bond donors (Lipinski definition) is 1. The fourth-order valence-corrected chi connectivity index (χ4v) is 1.20. The van der Waals surface area contributed by atoms with Crippen LogP contribution in [-0.4, -0.2) is 39.3 Å². The van der Waals surface area contributed by atoms with Crippen LogP contribution in [-0.2, 0) is 9.47 Å². The molecule has 0 aromatic carbocycles. The molecule has 1 aliphatic rings. The van der Waals surface area contributed by atoms with Gasteiger partial charge in [-0.15, -0.1) is 0 Å². The van der Waals surface area contributed by atoms with Crippen molar-refractivity contribution in [1.29, 1.82) is 0 Å². The number of nitrogens with one attached hydrogen (secondary N) is 1. The first-order chi connectivity index (χ1) is 5.77. The summed E-state index contributed by atoms with van der Waals surface area (Å²) in [5.41, 5.74) is 0. The molecule has 72 valence electrons. The minimum Gasteiger partial charge on any atom is -0.355 e. The smallest absolute Gasteiger partial charge is 0.169 e. The highest BCUT2D eigenvalue weighted by molar-refractivity contribution is 4.86. The third kappa shape index (κ3) is 2.40. The number of ether oxygens (including phenoxy) is 2. The largest absolute Gasteiger partial charge is 0.355 e. The maximum Gasteiger partial charge on any atom is 0.169 e. The van der Waals surface area contributed by atoms with Gasteiger partial charge in [0.2, 0.25) is 0 Å². The Hall–Kier alpha value is -0.190. The average molecular weight is 177 g/mol. The van der Waals surface area contributed by atoms with E-state index < -0.39 is 6.17 Å².